The van der Waals surface area contributed by atoms with Gasteiger partial charge in [-0.1, -0.05) is 180 Å². The van der Waals surface area contributed by atoms with E-state index in [0.29, 0.717) is 23.9 Å². The number of nitrogens with zero attached hydrogens (tertiary/aromatic N) is 1. The summed E-state index contributed by atoms with van der Waals surface area (Å²) in [4.78, 5) is 37.5. The Labute approximate surface area is 333 Å². The molecule has 0 aliphatic rings. The zero-order valence-corrected chi connectivity index (χ0v) is 36.8. The molecular weight excluding hydrogens is 701 g/mol. The summed E-state index contributed by atoms with van der Waals surface area (Å²) >= 11 is 0. The van der Waals surface area contributed by atoms with Crippen molar-refractivity contribution in [1.82, 2.24) is 0 Å². The number of carbonyl (C=O) groups is 2. The first kappa shape index (κ1) is 52.8. The molecule has 1 unspecified atom stereocenters. The molecule has 2 atom stereocenters. The highest BCUT2D eigenvalue weighted by Gasteiger charge is 2.21. The number of likely N-dealkylation sites (N-methyl/N-ethyl adjacent to an activating group) is 1. The van der Waals surface area contributed by atoms with Gasteiger partial charge in [0.05, 0.1) is 27.7 Å². The topological polar surface area (TPSA) is 111 Å². The lowest BCUT2D eigenvalue weighted by Crippen LogP contribution is -2.37. The maximum absolute atomic E-state index is 12.7. The Bertz CT molecular complexity index is 938. The average Bonchev–Trinajstić information content (AvgIpc) is 3.12. The highest BCUT2D eigenvalue weighted by atomic mass is 31.2. The van der Waals surface area contributed by atoms with E-state index in [1.165, 1.54) is 141 Å². The molecule has 0 fully saturated rings. The molecule has 54 heavy (non-hydrogen) atoms. The van der Waals surface area contributed by atoms with Gasteiger partial charge in [-0.2, -0.15) is 0 Å². The summed E-state index contributed by atoms with van der Waals surface area (Å²) < 4.78 is 33.8. The number of unbranched alkanes of at least 4 members (excludes halogenated alkanes) is 25. The van der Waals surface area contributed by atoms with Crippen LogP contribution in [0.3, 0.4) is 0 Å². The quantitative estimate of drug-likeness (QED) is 0.0198. The van der Waals surface area contributed by atoms with E-state index in [4.69, 9.17) is 18.5 Å². The van der Waals surface area contributed by atoms with Crippen LogP contribution in [0, 0.1) is 0 Å². The molecule has 0 radical (unpaired) electrons. The highest BCUT2D eigenvalue weighted by Crippen LogP contribution is 2.38. The molecule has 0 bridgehead atoms. The molecule has 0 aromatic heterocycles. The molecule has 320 valence electrons. The molecule has 9 nitrogen and oxygen atoms in total. The lowest BCUT2D eigenvalue weighted by atomic mass is 10.0. The summed E-state index contributed by atoms with van der Waals surface area (Å²) in [5, 5.41) is 0. The smallest absolute Gasteiger partial charge is 0.306 e. The number of rotatable bonds is 41. The minimum absolute atomic E-state index is 0.0321. The van der Waals surface area contributed by atoms with E-state index < -0.39 is 32.5 Å². The summed E-state index contributed by atoms with van der Waals surface area (Å²) in [6, 6.07) is 0. The van der Waals surface area contributed by atoms with E-state index in [2.05, 4.69) is 19.9 Å². The highest BCUT2D eigenvalue weighted by molar-refractivity contribution is 7.45. The lowest BCUT2D eigenvalue weighted by molar-refractivity contribution is -0.870. The fourth-order valence-corrected chi connectivity index (χ4v) is 6.99. The Hall–Kier alpha value is -1.25. The fourth-order valence-electron chi connectivity index (χ4n) is 6.26. The molecule has 0 aromatic carbocycles. The largest absolute Gasteiger partial charge is 0.756 e. The maximum Gasteiger partial charge on any atom is 0.306 e. The third-order valence-corrected chi connectivity index (χ3v) is 10.8. The normalized spacial score (nSPS) is 13.7. The summed E-state index contributed by atoms with van der Waals surface area (Å²) in [5.41, 5.74) is 0. The van der Waals surface area contributed by atoms with E-state index in [1.54, 1.807) is 0 Å². The third kappa shape index (κ3) is 40.4. The number of phosphoric acid groups is 1. The van der Waals surface area contributed by atoms with Crippen molar-refractivity contribution in [3.05, 3.63) is 12.2 Å². The molecule has 0 saturated heterocycles. The van der Waals surface area contributed by atoms with Crippen LogP contribution in [0.5, 0.6) is 0 Å². The third-order valence-electron chi connectivity index (χ3n) is 9.80. The van der Waals surface area contributed by atoms with Crippen LogP contribution in [0.2, 0.25) is 0 Å². The SMILES string of the molecule is CCCCCCCCCCCCC/C=C/CCC(=O)OC[C@H](COP(=O)([O-])OCC[N+](C)(C)C)OC(=O)CCCCCCCCCCCCCCCCC. The molecule has 0 rings (SSSR count). The summed E-state index contributed by atoms with van der Waals surface area (Å²) in [7, 11) is 1.16. The summed E-state index contributed by atoms with van der Waals surface area (Å²) in [6.07, 6.45) is 38.2. The van der Waals surface area contributed by atoms with Crippen molar-refractivity contribution in [3.63, 3.8) is 0 Å². The van der Waals surface area contributed by atoms with Gasteiger partial charge in [0.2, 0.25) is 0 Å². The number of ether oxygens (including phenoxy) is 2. The minimum Gasteiger partial charge on any atom is -0.756 e. The van der Waals surface area contributed by atoms with Crippen molar-refractivity contribution >= 4 is 19.8 Å². The van der Waals surface area contributed by atoms with Crippen LogP contribution in [0.4, 0.5) is 0 Å². The summed E-state index contributed by atoms with van der Waals surface area (Å²) in [5.74, 6) is -0.881. The van der Waals surface area contributed by atoms with Crippen LogP contribution in [0.15, 0.2) is 12.2 Å². The molecule has 0 amide bonds. The molecule has 0 saturated carbocycles. The Morgan fingerprint density at radius 1 is 0.556 bits per heavy atom. The van der Waals surface area contributed by atoms with E-state index in [0.717, 1.165) is 25.7 Å². The van der Waals surface area contributed by atoms with Gasteiger partial charge in [0.1, 0.15) is 19.8 Å². The molecule has 0 heterocycles. The first-order chi connectivity index (χ1) is 26.0. The van der Waals surface area contributed by atoms with Crippen LogP contribution in [-0.2, 0) is 32.7 Å². The van der Waals surface area contributed by atoms with Gasteiger partial charge in [-0.3, -0.25) is 14.2 Å². The van der Waals surface area contributed by atoms with Gasteiger partial charge in [-0.05, 0) is 25.7 Å². The number of quaternary nitrogens is 1. The van der Waals surface area contributed by atoms with Crippen LogP contribution in [0.1, 0.15) is 206 Å². The number of hydrogen-bond acceptors (Lipinski definition) is 8. The van der Waals surface area contributed by atoms with E-state index in [9.17, 15) is 19.0 Å². The Morgan fingerprint density at radius 3 is 1.44 bits per heavy atom. The minimum atomic E-state index is -4.62. The predicted molar refractivity (Wildman–Crippen MR) is 222 cm³/mol. The van der Waals surface area contributed by atoms with Gasteiger partial charge < -0.3 is 27.9 Å². The number of allylic oxidation sites excluding steroid dienone is 2. The number of esters is 2. The van der Waals surface area contributed by atoms with Gasteiger partial charge >= 0.3 is 11.9 Å². The van der Waals surface area contributed by atoms with E-state index in [-0.39, 0.29) is 26.1 Å². The molecule has 0 aliphatic carbocycles. The molecule has 0 spiro atoms. The van der Waals surface area contributed by atoms with Gasteiger partial charge in [-0.15, -0.1) is 0 Å². The van der Waals surface area contributed by atoms with Crippen molar-refractivity contribution < 1.29 is 42.1 Å². The second kappa shape index (κ2) is 37.3. The molecular formula is C44H86NO8P. The first-order valence-corrected chi connectivity index (χ1v) is 23.9. The fraction of sp³-hybridized carbons (Fsp3) is 0.909. The number of hydrogen-bond donors (Lipinski definition) is 0. The maximum atomic E-state index is 12.7. The number of carbonyl (C=O) groups excluding carboxylic acids is 2. The molecule has 0 aliphatic heterocycles. The predicted octanol–water partition coefficient (Wildman–Crippen LogP) is 11.9. The van der Waals surface area contributed by atoms with Crippen LogP contribution < -0.4 is 4.89 Å². The van der Waals surface area contributed by atoms with Gasteiger partial charge in [-0.25, -0.2) is 0 Å². The molecule has 0 N–H and O–H groups in total. The molecule has 10 heteroatoms. The van der Waals surface area contributed by atoms with Crippen molar-refractivity contribution in [1.29, 1.82) is 0 Å². The van der Waals surface area contributed by atoms with E-state index in [1.807, 2.05) is 27.2 Å². The van der Waals surface area contributed by atoms with Gasteiger partial charge in [0, 0.05) is 12.8 Å². The monoisotopic (exact) mass is 788 g/mol. The van der Waals surface area contributed by atoms with E-state index >= 15 is 0 Å². The Kier molecular flexibility index (Phi) is 36.5. The number of phosphoric ester groups is 1. The van der Waals surface area contributed by atoms with Crippen LogP contribution >= 0.6 is 7.82 Å². The Morgan fingerprint density at radius 2 is 0.981 bits per heavy atom. The first-order valence-electron chi connectivity index (χ1n) is 22.4. The van der Waals surface area contributed by atoms with Crippen LogP contribution in [0.25, 0.3) is 0 Å². The molecule has 0 aromatic rings. The zero-order valence-electron chi connectivity index (χ0n) is 35.9. The van der Waals surface area contributed by atoms with Crippen LogP contribution in [-0.4, -0.2) is 70.0 Å². The standard InChI is InChI=1S/C44H86NO8P/c1-6-8-10-12-14-16-18-20-22-24-26-28-30-32-34-36-43(46)50-40-42(41-52-54(48,49)51-39-38-45(3,4)5)53-44(47)37-35-33-31-29-27-25-23-21-19-17-15-13-11-9-7-2/h30,32,42H,6-29,31,33-41H2,1-5H3/b32-30+/t42-/m1/s1. The Balaban J connectivity index is 4.36. The second-order valence-corrected chi connectivity index (χ2v) is 17.8. The van der Waals surface area contributed by atoms with Crippen molar-refractivity contribution in [2.24, 2.45) is 0 Å². The van der Waals surface area contributed by atoms with Crippen molar-refractivity contribution in [3.8, 4) is 0 Å². The van der Waals surface area contributed by atoms with Gasteiger partial charge in [0.25, 0.3) is 7.82 Å². The van der Waals surface area contributed by atoms with Crippen molar-refractivity contribution in [2.75, 3.05) is 47.5 Å². The van der Waals surface area contributed by atoms with Gasteiger partial charge in [0.15, 0.2) is 6.10 Å². The lowest BCUT2D eigenvalue weighted by Gasteiger charge is -2.28. The zero-order chi connectivity index (χ0) is 40.0. The second-order valence-electron chi connectivity index (χ2n) is 16.4. The van der Waals surface area contributed by atoms with Crippen molar-refractivity contribution in [2.45, 2.75) is 213 Å². The summed E-state index contributed by atoms with van der Waals surface area (Å²) in [6.45, 7) is 4.21. The average molecular weight is 788 g/mol.